The highest BCUT2D eigenvalue weighted by Crippen LogP contribution is 2.40. The lowest BCUT2D eigenvalue weighted by atomic mass is 9.91. The van der Waals surface area contributed by atoms with Gasteiger partial charge in [0.1, 0.15) is 17.5 Å². The fourth-order valence-electron chi connectivity index (χ4n) is 3.05. The monoisotopic (exact) mass is 331 g/mol. The van der Waals surface area contributed by atoms with E-state index in [1.54, 1.807) is 6.07 Å². The van der Waals surface area contributed by atoms with Crippen LogP contribution in [0.3, 0.4) is 0 Å². The Labute approximate surface area is 139 Å². The maximum atomic E-state index is 9.55. The van der Waals surface area contributed by atoms with E-state index >= 15 is 0 Å². The number of hydrogen-bond donors (Lipinski definition) is 1. The standard InChI is InChI=1S/C17H15Cl2N3/c18-13-7-4-6-11(16(13)19)15-10-5-2-1-3-8-14(10)22-17(21)12(15)9-20/h4,6-7H,1-3,5,8H2,(H2,21,22). The van der Waals surface area contributed by atoms with Crippen LogP contribution in [0.5, 0.6) is 0 Å². The SMILES string of the molecule is N#Cc1c(N)nc2c(c1-c1cccc(Cl)c1Cl)CCCCC2. The van der Waals surface area contributed by atoms with Gasteiger partial charge in [0.05, 0.1) is 10.0 Å². The highest BCUT2D eigenvalue weighted by Gasteiger charge is 2.23. The molecule has 1 aliphatic carbocycles. The smallest absolute Gasteiger partial charge is 0.142 e. The summed E-state index contributed by atoms with van der Waals surface area (Å²) in [6, 6.07) is 7.65. The van der Waals surface area contributed by atoms with Crippen molar-refractivity contribution in [1.82, 2.24) is 4.98 Å². The van der Waals surface area contributed by atoms with Crippen LogP contribution in [0.15, 0.2) is 18.2 Å². The molecule has 1 heterocycles. The van der Waals surface area contributed by atoms with E-state index in [2.05, 4.69) is 11.1 Å². The molecule has 3 nitrogen and oxygen atoms in total. The van der Waals surface area contributed by atoms with Crippen molar-refractivity contribution in [2.75, 3.05) is 5.73 Å². The van der Waals surface area contributed by atoms with Crippen molar-refractivity contribution in [2.45, 2.75) is 32.1 Å². The van der Waals surface area contributed by atoms with Crippen molar-refractivity contribution in [3.05, 3.63) is 45.1 Å². The molecule has 0 saturated heterocycles. The van der Waals surface area contributed by atoms with E-state index in [1.165, 1.54) is 0 Å². The van der Waals surface area contributed by atoms with E-state index in [0.717, 1.165) is 54.5 Å². The number of pyridine rings is 1. The van der Waals surface area contributed by atoms with Crippen LogP contribution in [0.2, 0.25) is 10.0 Å². The van der Waals surface area contributed by atoms with Gasteiger partial charge in [-0.15, -0.1) is 0 Å². The second-order valence-electron chi connectivity index (χ2n) is 5.45. The first-order valence-electron chi connectivity index (χ1n) is 7.29. The summed E-state index contributed by atoms with van der Waals surface area (Å²) in [5.41, 5.74) is 10.1. The number of halogens is 2. The van der Waals surface area contributed by atoms with Crippen molar-refractivity contribution in [3.63, 3.8) is 0 Å². The third kappa shape index (κ3) is 2.54. The Hall–Kier alpha value is -1.76. The number of nitrogen functional groups attached to an aromatic ring is 1. The summed E-state index contributed by atoms with van der Waals surface area (Å²) in [4.78, 5) is 4.46. The van der Waals surface area contributed by atoms with Crippen LogP contribution >= 0.6 is 23.2 Å². The normalized spacial score (nSPS) is 14.0. The average Bonchev–Trinajstić information content (AvgIpc) is 2.74. The molecule has 22 heavy (non-hydrogen) atoms. The van der Waals surface area contributed by atoms with Gasteiger partial charge in [0, 0.05) is 16.8 Å². The molecule has 1 aliphatic rings. The maximum Gasteiger partial charge on any atom is 0.142 e. The van der Waals surface area contributed by atoms with Gasteiger partial charge >= 0.3 is 0 Å². The second kappa shape index (κ2) is 6.16. The number of anilines is 1. The highest BCUT2D eigenvalue weighted by molar-refractivity contribution is 6.43. The predicted octanol–water partition coefficient (Wildman–Crippen LogP) is 4.78. The Morgan fingerprint density at radius 1 is 1.14 bits per heavy atom. The van der Waals surface area contributed by atoms with Crippen LogP contribution in [0, 0.1) is 11.3 Å². The van der Waals surface area contributed by atoms with E-state index in [-0.39, 0.29) is 5.82 Å². The van der Waals surface area contributed by atoms with Gasteiger partial charge in [0.25, 0.3) is 0 Å². The summed E-state index contributed by atoms with van der Waals surface area (Å²) in [6.45, 7) is 0. The first-order chi connectivity index (χ1) is 10.6. The Bertz CT molecular complexity index is 778. The fraction of sp³-hybridized carbons (Fsp3) is 0.294. The maximum absolute atomic E-state index is 9.55. The van der Waals surface area contributed by atoms with E-state index < -0.39 is 0 Å². The van der Waals surface area contributed by atoms with Crippen LogP contribution in [0.25, 0.3) is 11.1 Å². The second-order valence-corrected chi connectivity index (χ2v) is 6.23. The number of fused-ring (bicyclic) bond motifs is 1. The number of nitriles is 1. The Balaban J connectivity index is 2.36. The molecule has 5 heteroatoms. The molecule has 0 unspecified atom stereocenters. The molecule has 0 bridgehead atoms. The quantitative estimate of drug-likeness (QED) is 0.765. The van der Waals surface area contributed by atoms with Gasteiger partial charge in [-0.3, -0.25) is 0 Å². The van der Waals surface area contributed by atoms with Gasteiger partial charge < -0.3 is 5.73 Å². The van der Waals surface area contributed by atoms with Gasteiger partial charge in [-0.25, -0.2) is 4.98 Å². The molecule has 0 radical (unpaired) electrons. The van der Waals surface area contributed by atoms with Crippen LogP contribution in [0.1, 0.15) is 36.1 Å². The molecule has 1 aromatic carbocycles. The van der Waals surface area contributed by atoms with Crippen molar-refractivity contribution in [2.24, 2.45) is 0 Å². The summed E-state index contributed by atoms with van der Waals surface area (Å²) in [7, 11) is 0. The molecule has 0 fully saturated rings. The number of nitrogens with two attached hydrogens (primary N) is 1. The van der Waals surface area contributed by atoms with Crippen LogP contribution in [0.4, 0.5) is 5.82 Å². The number of aryl methyl sites for hydroxylation is 1. The summed E-state index contributed by atoms with van der Waals surface area (Å²) in [5, 5.41) is 10.5. The number of rotatable bonds is 1. The zero-order valence-electron chi connectivity index (χ0n) is 12.0. The molecule has 0 amide bonds. The molecule has 0 atom stereocenters. The zero-order chi connectivity index (χ0) is 15.7. The lowest BCUT2D eigenvalue weighted by Crippen LogP contribution is -2.07. The van der Waals surface area contributed by atoms with Crippen molar-refractivity contribution >= 4 is 29.0 Å². The molecule has 0 aliphatic heterocycles. The van der Waals surface area contributed by atoms with Gasteiger partial charge in [0.15, 0.2) is 0 Å². The lowest BCUT2D eigenvalue weighted by molar-refractivity contribution is 0.709. The summed E-state index contributed by atoms with van der Waals surface area (Å²) >= 11 is 12.5. The highest BCUT2D eigenvalue weighted by atomic mass is 35.5. The van der Waals surface area contributed by atoms with Crippen LogP contribution < -0.4 is 5.73 Å². The minimum Gasteiger partial charge on any atom is -0.383 e. The van der Waals surface area contributed by atoms with Gasteiger partial charge in [-0.2, -0.15) is 5.26 Å². The molecule has 0 spiro atoms. The number of aromatic nitrogens is 1. The number of hydrogen-bond acceptors (Lipinski definition) is 3. The Morgan fingerprint density at radius 2 is 1.91 bits per heavy atom. The molecule has 2 aromatic rings. The van der Waals surface area contributed by atoms with Crippen molar-refractivity contribution in [3.8, 4) is 17.2 Å². The average molecular weight is 332 g/mol. The van der Waals surface area contributed by atoms with E-state index in [0.29, 0.717) is 15.6 Å². The predicted molar refractivity (Wildman–Crippen MR) is 90.1 cm³/mol. The fourth-order valence-corrected chi connectivity index (χ4v) is 3.44. The summed E-state index contributed by atoms with van der Waals surface area (Å²) in [6.07, 6.45) is 5.09. The third-order valence-electron chi connectivity index (χ3n) is 4.08. The molecule has 112 valence electrons. The molecule has 3 rings (SSSR count). The molecule has 1 aromatic heterocycles. The summed E-state index contributed by atoms with van der Waals surface area (Å²) in [5.74, 6) is 0.272. The lowest BCUT2D eigenvalue weighted by Gasteiger charge is -2.17. The Morgan fingerprint density at radius 3 is 2.68 bits per heavy atom. The molecular weight excluding hydrogens is 317 g/mol. The third-order valence-corrected chi connectivity index (χ3v) is 4.90. The van der Waals surface area contributed by atoms with E-state index in [9.17, 15) is 5.26 Å². The van der Waals surface area contributed by atoms with E-state index in [4.69, 9.17) is 28.9 Å². The Kier molecular flexibility index (Phi) is 4.24. The van der Waals surface area contributed by atoms with Gasteiger partial charge in [-0.1, -0.05) is 41.8 Å². The molecular formula is C17H15Cl2N3. The zero-order valence-corrected chi connectivity index (χ0v) is 13.5. The summed E-state index contributed by atoms with van der Waals surface area (Å²) < 4.78 is 0. The van der Waals surface area contributed by atoms with Gasteiger partial charge in [0.2, 0.25) is 0 Å². The minimum atomic E-state index is 0.272. The van der Waals surface area contributed by atoms with Gasteiger partial charge in [-0.05, 0) is 37.3 Å². The van der Waals surface area contributed by atoms with Crippen LogP contribution in [-0.2, 0) is 12.8 Å². The van der Waals surface area contributed by atoms with Crippen molar-refractivity contribution in [1.29, 1.82) is 5.26 Å². The molecule has 2 N–H and O–H groups in total. The first-order valence-corrected chi connectivity index (χ1v) is 8.04. The van der Waals surface area contributed by atoms with Crippen LogP contribution in [-0.4, -0.2) is 4.98 Å². The largest absolute Gasteiger partial charge is 0.383 e. The topological polar surface area (TPSA) is 62.7 Å². The molecule has 0 saturated carbocycles. The van der Waals surface area contributed by atoms with E-state index in [1.807, 2.05) is 12.1 Å². The first kappa shape index (κ1) is 15.1. The van der Waals surface area contributed by atoms with Crippen molar-refractivity contribution < 1.29 is 0 Å². The number of benzene rings is 1. The minimum absolute atomic E-state index is 0.272. The number of nitrogens with zero attached hydrogens (tertiary/aromatic N) is 2.